The van der Waals surface area contributed by atoms with Crippen LogP contribution in [-0.4, -0.2) is 46.3 Å². The fraction of sp³-hybridized carbons (Fsp3) is 0.500. The number of anilines is 1. The number of hydrogen-bond donors (Lipinski definition) is 1. The van der Waals surface area contributed by atoms with Gasteiger partial charge >= 0.3 is 5.97 Å². The molecule has 4 heterocycles. The molecule has 0 spiro atoms. The molecule has 1 aliphatic carbocycles. The third-order valence-corrected chi connectivity index (χ3v) is 8.73. The summed E-state index contributed by atoms with van der Waals surface area (Å²) in [6.45, 7) is 3.54. The highest BCUT2D eigenvalue weighted by atomic mass is 35.5. The number of hydrogen-bond acceptors (Lipinski definition) is 6. The van der Waals surface area contributed by atoms with Gasteiger partial charge in [0.15, 0.2) is 12.1 Å². The lowest BCUT2D eigenvalue weighted by molar-refractivity contribution is -0.958. The van der Waals surface area contributed by atoms with Gasteiger partial charge in [-0.2, -0.15) is 4.98 Å². The molecule has 1 unspecified atom stereocenters. The van der Waals surface area contributed by atoms with Gasteiger partial charge in [-0.25, -0.2) is 9.18 Å². The molecular weight excluding hydrogens is 519 g/mol. The van der Waals surface area contributed by atoms with Gasteiger partial charge < -0.3 is 31.5 Å². The van der Waals surface area contributed by atoms with Crippen molar-refractivity contribution in [3.8, 4) is 0 Å². The van der Waals surface area contributed by atoms with Crippen LogP contribution in [0.1, 0.15) is 74.2 Å². The van der Waals surface area contributed by atoms with E-state index in [2.05, 4.69) is 10.5 Å². The van der Waals surface area contributed by atoms with E-state index < -0.39 is 6.04 Å². The Labute approximate surface area is 235 Å². The van der Waals surface area contributed by atoms with Crippen molar-refractivity contribution in [3.63, 3.8) is 0 Å². The molecule has 3 saturated heterocycles. The van der Waals surface area contributed by atoms with Crippen LogP contribution in [0, 0.1) is 11.7 Å². The Bertz CT molecular complexity index is 1240. The van der Waals surface area contributed by atoms with E-state index in [0.717, 1.165) is 67.1 Å². The second-order valence-corrected chi connectivity index (χ2v) is 11.3. The maximum Gasteiger partial charge on any atom is 0.333 e. The van der Waals surface area contributed by atoms with Crippen LogP contribution in [0.3, 0.4) is 0 Å². The van der Waals surface area contributed by atoms with Crippen molar-refractivity contribution in [2.24, 2.45) is 5.92 Å². The van der Waals surface area contributed by atoms with Crippen molar-refractivity contribution in [1.82, 2.24) is 10.1 Å². The van der Waals surface area contributed by atoms with E-state index in [9.17, 15) is 9.18 Å². The van der Waals surface area contributed by atoms with Crippen LogP contribution in [0.15, 0.2) is 59.1 Å². The van der Waals surface area contributed by atoms with Gasteiger partial charge in [0.2, 0.25) is 11.7 Å². The number of carbonyl (C=O) groups is 1. The first-order valence-corrected chi connectivity index (χ1v) is 14.0. The molecule has 3 aromatic rings. The Kier molecular flexibility index (Phi) is 8.52. The smallest absolute Gasteiger partial charge is 0.333 e. The predicted octanol–water partition coefficient (Wildman–Crippen LogP) is 2.77. The molecule has 1 saturated carbocycles. The van der Waals surface area contributed by atoms with Gasteiger partial charge in [0.25, 0.3) is 0 Å². The molecule has 9 heteroatoms. The second kappa shape index (κ2) is 12.0. The van der Waals surface area contributed by atoms with Crippen LogP contribution in [0.4, 0.5) is 10.1 Å². The van der Waals surface area contributed by atoms with Crippen LogP contribution >= 0.6 is 0 Å². The molecule has 208 valence electrons. The van der Waals surface area contributed by atoms with E-state index in [1.807, 2.05) is 30.3 Å². The summed E-state index contributed by atoms with van der Waals surface area (Å²) in [5.41, 5.74) is 1.33. The number of nitrogens with one attached hydrogen (secondary N) is 1. The maximum absolute atomic E-state index is 13.8. The zero-order valence-corrected chi connectivity index (χ0v) is 22.9. The first-order chi connectivity index (χ1) is 18.6. The summed E-state index contributed by atoms with van der Waals surface area (Å²) in [4.78, 5) is 18.4. The summed E-state index contributed by atoms with van der Waals surface area (Å²) < 4.78 is 26.6. The number of quaternary nitrogens is 1. The molecule has 2 bridgehead atoms. The summed E-state index contributed by atoms with van der Waals surface area (Å²) in [5.74, 6) is 1.62. The Morgan fingerprint density at radius 3 is 2.56 bits per heavy atom. The highest BCUT2D eigenvalue weighted by Crippen LogP contribution is 2.38. The Balaban J connectivity index is 0.00000308. The number of nitrogens with zero attached hydrogens (tertiary/aromatic N) is 3. The van der Waals surface area contributed by atoms with Gasteiger partial charge in [0.05, 0.1) is 13.1 Å². The normalized spacial score (nSPS) is 25.5. The number of piperidine rings is 3. The van der Waals surface area contributed by atoms with Crippen molar-refractivity contribution in [2.45, 2.75) is 69.6 Å². The molecule has 0 amide bonds. The van der Waals surface area contributed by atoms with Crippen LogP contribution < -0.4 is 17.7 Å². The summed E-state index contributed by atoms with van der Waals surface area (Å²) in [5, 5.41) is 7.55. The molecular formula is C30H36ClFN4O3. The van der Waals surface area contributed by atoms with Crippen LogP contribution in [0.2, 0.25) is 0 Å². The second-order valence-electron chi connectivity index (χ2n) is 11.3. The van der Waals surface area contributed by atoms with E-state index in [4.69, 9.17) is 14.2 Å². The van der Waals surface area contributed by atoms with Gasteiger partial charge in [0.1, 0.15) is 18.9 Å². The minimum atomic E-state index is -0.725. The number of esters is 1. The summed E-state index contributed by atoms with van der Waals surface area (Å²) in [6, 6.07) is 14.9. The molecule has 7 nitrogen and oxygen atoms in total. The van der Waals surface area contributed by atoms with Crippen molar-refractivity contribution in [2.75, 3.05) is 25.0 Å². The van der Waals surface area contributed by atoms with Gasteiger partial charge in [-0.3, -0.25) is 0 Å². The topological polar surface area (TPSA) is 77.2 Å². The van der Waals surface area contributed by atoms with Crippen LogP contribution in [-0.2, 0) is 16.1 Å². The molecule has 1 N–H and O–H groups in total. The first-order valence-electron chi connectivity index (χ1n) is 14.0. The summed E-state index contributed by atoms with van der Waals surface area (Å²) >= 11 is 0. The zero-order valence-electron chi connectivity index (χ0n) is 22.1. The number of aromatic nitrogens is 2. The van der Waals surface area contributed by atoms with Crippen LogP contribution in [0.25, 0.3) is 0 Å². The van der Waals surface area contributed by atoms with Gasteiger partial charge in [-0.15, -0.1) is 0 Å². The van der Waals surface area contributed by atoms with Crippen molar-refractivity contribution < 1.29 is 35.3 Å². The molecule has 7 rings (SSSR count). The lowest BCUT2D eigenvalue weighted by Gasteiger charge is -2.51. The summed E-state index contributed by atoms with van der Waals surface area (Å²) in [7, 11) is 0. The van der Waals surface area contributed by atoms with E-state index in [1.54, 1.807) is 12.1 Å². The zero-order chi connectivity index (χ0) is 26.0. The molecule has 1 aromatic heterocycles. The number of halogens is 2. The lowest BCUT2D eigenvalue weighted by atomic mass is 9.83. The average molecular weight is 555 g/mol. The van der Waals surface area contributed by atoms with Gasteiger partial charge in [-0.05, 0) is 36.6 Å². The number of benzene rings is 2. The van der Waals surface area contributed by atoms with Crippen molar-refractivity contribution >= 4 is 11.7 Å². The molecule has 4 aliphatic rings. The molecule has 2 aromatic carbocycles. The fourth-order valence-electron chi connectivity index (χ4n) is 6.61. The third kappa shape index (κ3) is 6.28. The minimum absolute atomic E-state index is 0. The number of rotatable bonds is 8. The van der Waals surface area contributed by atoms with E-state index in [-0.39, 0.29) is 30.3 Å². The quantitative estimate of drug-likeness (QED) is 0.341. The Morgan fingerprint density at radius 2 is 1.82 bits per heavy atom. The maximum atomic E-state index is 13.8. The van der Waals surface area contributed by atoms with E-state index in [0.29, 0.717) is 24.1 Å². The fourth-order valence-corrected chi connectivity index (χ4v) is 6.61. The number of fused-ring (bicyclic) bond motifs is 3. The third-order valence-electron chi connectivity index (χ3n) is 8.73. The molecule has 3 aliphatic heterocycles. The lowest BCUT2D eigenvalue weighted by Crippen LogP contribution is -3.00. The molecule has 0 radical (unpaired) electrons. The van der Waals surface area contributed by atoms with E-state index in [1.165, 1.54) is 31.4 Å². The Hall–Kier alpha value is -2.97. The SMILES string of the molecule is O=C(O[C@H]1C[N+]2(Cc3noc(C4CCCCC4)n3)CCC1CC2)C(Nc1cccc(F)c1)c1ccccc1.[Cl-]. The standard InChI is InChI=1S/C30H36FN4O3.ClH/c31-24-12-7-13-25(18-24)32-28(22-8-3-1-4-9-22)30(36)37-26-19-35(16-14-21(26)15-17-35)20-27-33-29(38-34-27)23-10-5-2-6-11-23;/h1,3-4,7-9,12-13,18,21,23,26,28,32H,2,5-6,10-11,14-17,19-20H2;1H/q+1;/p-1/t21?,26-,28?,35?;/m0./s1. The highest BCUT2D eigenvalue weighted by molar-refractivity contribution is 5.81. The van der Waals surface area contributed by atoms with Crippen LogP contribution in [0.5, 0.6) is 0 Å². The largest absolute Gasteiger partial charge is 1.00 e. The average Bonchev–Trinajstić information content (AvgIpc) is 3.41. The number of ether oxygens (including phenoxy) is 1. The monoisotopic (exact) mass is 554 g/mol. The van der Waals surface area contributed by atoms with E-state index >= 15 is 0 Å². The Morgan fingerprint density at radius 1 is 1.05 bits per heavy atom. The molecule has 39 heavy (non-hydrogen) atoms. The van der Waals surface area contributed by atoms with Gasteiger partial charge in [0, 0.05) is 30.4 Å². The molecule has 4 fully saturated rings. The molecule has 2 atom stereocenters. The predicted molar refractivity (Wildman–Crippen MR) is 140 cm³/mol. The number of carbonyl (C=O) groups excluding carboxylic acids is 1. The van der Waals surface area contributed by atoms with Crippen molar-refractivity contribution in [3.05, 3.63) is 77.7 Å². The first kappa shape index (κ1) is 27.6. The van der Waals surface area contributed by atoms with Crippen molar-refractivity contribution in [1.29, 1.82) is 0 Å². The van der Waals surface area contributed by atoms with Gasteiger partial charge in [-0.1, -0.05) is 60.8 Å². The minimum Gasteiger partial charge on any atom is -1.00 e. The highest BCUT2D eigenvalue weighted by Gasteiger charge is 2.49. The summed E-state index contributed by atoms with van der Waals surface area (Å²) in [6.07, 6.45) is 7.87.